The molecule has 158 valence electrons. The van der Waals surface area contributed by atoms with Crippen LogP contribution in [-0.2, 0) is 19.6 Å². The van der Waals surface area contributed by atoms with Crippen molar-refractivity contribution in [3.05, 3.63) is 93.2 Å². The first kappa shape index (κ1) is 22.3. The number of aryl methyl sites for hydroxylation is 1. The van der Waals surface area contributed by atoms with Gasteiger partial charge in [-0.3, -0.25) is 0 Å². The molecule has 0 aliphatic heterocycles. The van der Waals surface area contributed by atoms with Crippen LogP contribution in [0.15, 0.2) is 65.1 Å². The smallest absolute Gasteiger partial charge is 0.162 e. The number of ether oxygens (including phenoxy) is 2. The van der Waals surface area contributed by atoms with Gasteiger partial charge < -0.3 is 14.8 Å². The van der Waals surface area contributed by atoms with Crippen LogP contribution in [0.2, 0.25) is 0 Å². The van der Waals surface area contributed by atoms with Crippen LogP contribution in [0, 0.1) is 12.7 Å². The molecule has 0 spiro atoms. The molecular weight excluding hydrogens is 445 g/mol. The minimum Gasteiger partial charge on any atom is -0.490 e. The summed E-state index contributed by atoms with van der Waals surface area (Å²) in [6.07, 6.45) is 0.639. The first-order valence-corrected chi connectivity index (χ1v) is 10.9. The van der Waals surface area contributed by atoms with Crippen LogP contribution < -0.4 is 14.8 Å². The Labute approximate surface area is 186 Å². The Morgan fingerprint density at radius 3 is 2.40 bits per heavy atom. The lowest BCUT2D eigenvalue weighted by Gasteiger charge is -2.16. The third-order valence-electron chi connectivity index (χ3n) is 4.77. The molecule has 3 aromatic carbocycles. The van der Waals surface area contributed by atoms with Gasteiger partial charge in [-0.2, -0.15) is 0 Å². The first-order chi connectivity index (χ1) is 14.6. The van der Waals surface area contributed by atoms with Gasteiger partial charge in [-0.15, -0.1) is 0 Å². The Morgan fingerprint density at radius 2 is 1.67 bits per heavy atom. The summed E-state index contributed by atoms with van der Waals surface area (Å²) in [6.45, 7) is 6.39. The summed E-state index contributed by atoms with van der Waals surface area (Å²) < 4.78 is 26.5. The van der Waals surface area contributed by atoms with Gasteiger partial charge in [0.25, 0.3) is 0 Å². The van der Waals surface area contributed by atoms with Crippen molar-refractivity contribution in [1.29, 1.82) is 0 Å². The zero-order chi connectivity index (χ0) is 21.3. The van der Waals surface area contributed by atoms with Crippen molar-refractivity contribution in [1.82, 2.24) is 5.32 Å². The third kappa shape index (κ3) is 6.31. The van der Waals surface area contributed by atoms with E-state index in [9.17, 15) is 4.39 Å². The summed E-state index contributed by atoms with van der Waals surface area (Å²) in [6, 6.07) is 19.1. The standard InChI is InChI=1S/C25H27BrFNO2/c1-3-29-24-14-21(16-28-13-12-20-6-4-5-7-23(20)27)22(26)15-25(24)30-17-19-10-8-18(2)9-11-19/h4-11,14-15,28H,3,12-13,16-17H2,1-2H3. The van der Waals surface area contributed by atoms with Crippen LogP contribution in [0.25, 0.3) is 0 Å². The first-order valence-electron chi connectivity index (χ1n) is 10.1. The molecule has 0 heterocycles. The van der Waals surface area contributed by atoms with Gasteiger partial charge in [0.15, 0.2) is 11.5 Å². The van der Waals surface area contributed by atoms with Gasteiger partial charge in [0.1, 0.15) is 12.4 Å². The van der Waals surface area contributed by atoms with E-state index in [2.05, 4.69) is 52.4 Å². The van der Waals surface area contributed by atoms with E-state index in [4.69, 9.17) is 9.47 Å². The topological polar surface area (TPSA) is 30.5 Å². The highest BCUT2D eigenvalue weighted by Crippen LogP contribution is 2.34. The Balaban J connectivity index is 1.61. The molecule has 0 amide bonds. The number of nitrogens with one attached hydrogen (secondary N) is 1. The molecule has 3 rings (SSSR count). The van der Waals surface area contributed by atoms with E-state index in [1.54, 1.807) is 6.07 Å². The number of halogens is 2. The molecule has 0 aliphatic carbocycles. The van der Waals surface area contributed by atoms with Crippen molar-refractivity contribution in [3.63, 3.8) is 0 Å². The summed E-state index contributed by atoms with van der Waals surface area (Å²) in [5.74, 6) is 1.27. The average molecular weight is 472 g/mol. The van der Waals surface area contributed by atoms with E-state index in [1.165, 1.54) is 11.6 Å². The second kappa shape index (κ2) is 11.1. The zero-order valence-corrected chi connectivity index (χ0v) is 19.0. The van der Waals surface area contributed by atoms with E-state index >= 15 is 0 Å². The van der Waals surface area contributed by atoms with Crippen LogP contribution in [0.5, 0.6) is 11.5 Å². The molecule has 5 heteroatoms. The predicted molar refractivity (Wildman–Crippen MR) is 123 cm³/mol. The molecule has 1 N–H and O–H groups in total. The van der Waals surface area contributed by atoms with Crippen molar-refractivity contribution < 1.29 is 13.9 Å². The highest BCUT2D eigenvalue weighted by atomic mass is 79.9. The number of hydrogen-bond donors (Lipinski definition) is 1. The van der Waals surface area contributed by atoms with Gasteiger partial charge in [0, 0.05) is 11.0 Å². The summed E-state index contributed by atoms with van der Waals surface area (Å²) in [5, 5.41) is 3.38. The van der Waals surface area contributed by atoms with Gasteiger partial charge in [0.2, 0.25) is 0 Å². The van der Waals surface area contributed by atoms with Gasteiger partial charge >= 0.3 is 0 Å². The fourth-order valence-corrected chi connectivity index (χ4v) is 3.55. The normalized spacial score (nSPS) is 10.8. The van der Waals surface area contributed by atoms with Gasteiger partial charge in [-0.25, -0.2) is 4.39 Å². The second-order valence-corrected chi connectivity index (χ2v) is 7.97. The molecule has 0 atom stereocenters. The van der Waals surface area contributed by atoms with Crippen molar-refractivity contribution in [2.45, 2.75) is 33.4 Å². The van der Waals surface area contributed by atoms with Crippen molar-refractivity contribution in [2.75, 3.05) is 13.2 Å². The minimum atomic E-state index is -0.158. The fourth-order valence-electron chi connectivity index (χ4n) is 3.09. The predicted octanol–water partition coefficient (Wildman–Crippen LogP) is 6.21. The maximum Gasteiger partial charge on any atom is 0.162 e. The van der Waals surface area contributed by atoms with Crippen molar-refractivity contribution >= 4 is 15.9 Å². The molecule has 0 saturated carbocycles. The quantitative estimate of drug-likeness (QED) is 0.356. The number of rotatable bonds is 10. The van der Waals surface area contributed by atoms with Crippen LogP contribution >= 0.6 is 15.9 Å². The largest absolute Gasteiger partial charge is 0.490 e. The van der Waals surface area contributed by atoms with Gasteiger partial charge in [0.05, 0.1) is 6.61 Å². The Morgan fingerprint density at radius 1 is 0.933 bits per heavy atom. The SMILES string of the molecule is CCOc1cc(CNCCc2ccccc2F)c(Br)cc1OCc1ccc(C)cc1. The van der Waals surface area contributed by atoms with E-state index < -0.39 is 0 Å². The monoisotopic (exact) mass is 471 g/mol. The highest BCUT2D eigenvalue weighted by Gasteiger charge is 2.11. The van der Waals surface area contributed by atoms with E-state index in [0.717, 1.165) is 26.9 Å². The summed E-state index contributed by atoms with van der Waals surface area (Å²) in [7, 11) is 0. The fraction of sp³-hybridized carbons (Fsp3) is 0.280. The second-order valence-electron chi connectivity index (χ2n) is 7.12. The lowest BCUT2D eigenvalue weighted by Crippen LogP contribution is -2.17. The maximum atomic E-state index is 13.7. The molecule has 0 saturated heterocycles. The number of benzene rings is 3. The average Bonchev–Trinajstić information content (AvgIpc) is 2.74. The molecule has 0 unspecified atom stereocenters. The maximum absolute atomic E-state index is 13.7. The Bertz CT molecular complexity index is 960. The van der Waals surface area contributed by atoms with Crippen molar-refractivity contribution in [2.24, 2.45) is 0 Å². The highest BCUT2D eigenvalue weighted by molar-refractivity contribution is 9.10. The lowest BCUT2D eigenvalue weighted by molar-refractivity contribution is 0.269. The van der Waals surface area contributed by atoms with Gasteiger partial charge in [-0.05, 0) is 61.7 Å². The van der Waals surface area contributed by atoms with Crippen LogP contribution in [0.1, 0.15) is 29.2 Å². The molecule has 0 radical (unpaired) electrons. The molecular formula is C25H27BrFNO2. The summed E-state index contributed by atoms with van der Waals surface area (Å²) in [5.41, 5.74) is 4.12. The third-order valence-corrected chi connectivity index (χ3v) is 5.51. The van der Waals surface area contributed by atoms with E-state index in [0.29, 0.717) is 38.5 Å². The van der Waals surface area contributed by atoms with Crippen molar-refractivity contribution in [3.8, 4) is 11.5 Å². The molecule has 3 nitrogen and oxygen atoms in total. The van der Waals surface area contributed by atoms with Gasteiger partial charge in [-0.1, -0.05) is 64.0 Å². The lowest BCUT2D eigenvalue weighted by atomic mass is 10.1. The molecule has 0 aromatic heterocycles. The molecule has 30 heavy (non-hydrogen) atoms. The summed E-state index contributed by atoms with van der Waals surface area (Å²) >= 11 is 3.64. The molecule has 0 bridgehead atoms. The van der Waals surface area contributed by atoms with Crippen LogP contribution in [-0.4, -0.2) is 13.2 Å². The Kier molecular flexibility index (Phi) is 8.29. The van der Waals surface area contributed by atoms with E-state index in [1.807, 2.05) is 31.2 Å². The summed E-state index contributed by atoms with van der Waals surface area (Å²) in [4.78, 5) is 0. The minimum absolute atomic E-state index is 0.158. The molecule has 0 aliphatic rings. The molecule has 0 fully saturated rings. The van der Waals surface area contributed by atoms with E-state index in [-0.39, 0.29) is 5.82 Å². The van der Waals surface area contributed by atoms with Crippen LogP contribution in [0.4, 0.5) is 4.39 Å². The van der Waals surface area contributed by atoms with Crippen LogP contribution in [0.3, 0.4) is 0 Å². The zero-order valence-electron chi connectivity index (χ0n) is 17.4. The Hall–Kier alpha value is -2.37. The number of hydrogen-bond acceptors (Lipinski definition) is 3. The molecule has 3 aromatic rings.